The number of urea groups is 1. The van der Waals surface area contributed by atoms with E-state index in [4.69, 9.17) is 0 Å². The first-order valence-corrected chi connectivity index (χ1v) is 9.94. The van der Waals surface area contributed by atoms with Crippen molar-refractivity contribution in [1.82, 2.24) is 19.9 Å². The Morgan fingerprint density at radius 1 is 1.25 bits per heavy atom. The van der Waals surface area contributed by atoms with E-state index in [1.54, 1.807) is 26.4 Å². The fourth-order valence-corrected chi connectivity index (χ4v) is 3.63. The van der Waals surface area contributed by atoms with Crippen LogP contribution in [0.3, 0.4) is 0 Å². The lowest BCUT2D eigenvalue weighted by Gasteiger charge is -2.18. The zero-order valence-electron chi connectivity index (χ0n) is 17.4. The van der Waals surface area contributed by atoms with Gasteiger partial charge in [0, 0.05) is 43.5 Å². The molecule has 11 heteroatoms. The highest BCUT2D eigenvalue weighted by Crippen LogP contribution is 2.30. The molecule has 1 atom stereocenters. The van der Waals surface area contributed by atoms with E-state index in [-0.39, 0.29) is 18.8 Å². The molecule has 0 bridgehead atoms. The smallest absolute Gasteiger partial charge is 0.345 e. The molecule has 2 amide bonds. The summed E-state index contributed by atoms with van der Waals surface area (Å²) < 4.78 is 43.8. The lowest BCUT2D eigenvalue weighted by molar-refractivity contribution is -0.158. The number of hydrogen-bond donors (Lipinski definition) is 2. The molecule has 0 radical (unpaired) electrons. The summed E-state index contributed by atoms with van der Waals surface area (Å²) >= 11 is 0. The molecule has 2 aromatic heterocycles. The fourth-order valence-electron chi connectivity index (χ4n) is 3.63. The maximum Gasteiger partial charge on any atom is 0.345 e. The molecule has 3 aromatic rings. The van der Waals surface area contributed by atoms with Gasteiger partial charge in [0.2, 0.25) is 5.95 Å². The standard InChI is InChI=1S/C21H21F3N6O2/c1-11-5-16(22)17(28-21(31)30-4-3-14(10-30)32-19(23)24)7-15(11)12-6-13-9-27-20(25-2)29-18(13)26-8-12/h5-9,14,19H,3-4,10H2,1-2H3,(H,28,31)(H,25,26,27,29). The third-order valence-corrected chi connectivity index (χ3v) is 5.25. The zero-order chi connectivity index (χ0) is 22.8. The Morgan fingerprint density at radius 3 is 2.81 bits per heavy atom. The number of amides is 2. The van der Waals surface area contributed by atoms with Crippen molar-refractivity contribution in [3.05, 3.63) is 42.0 Å². The van der Waals surface area contributed by atoms with Crippen LogP contribution in [0.15, 0.2) is 30.6 Å². The number of alkyl halides is 2. The number of carbonyl (C=O) groups excluding carboxylic acids is 1. The molecule has 0 saturated carbocycles. The Kier molecular flexibility index (Phi) is 6.08. The minimum atomic E-state index is -2.90. The molecule has 1 fully saturated rings. The van der Waals surface area contributed by atoms with E-state index in [2.05, 4.69) is 30.3 Å². The van der Waals surface area contributed by atoms with Gasteiger partial charge in [-0.15, -0.1) is 0 Å². The average Bonchev–Trinajstić information content (AvgIpc) is 3.22. The van der Waals surface area contributed by atoms with E-state index in [1.165, 1.54) is 17.0 Å². The maximum absolute atomic E-state index is 14.6. The van der Waals surface area contributed by atoms with Crippen molar-refractivity contribution >= 4 is 28.7 Å². The molecular formula is C21H21F3N6O2. The quantitative estimate of drug-likeness (QED) is 0.615. The van der Waals surface area contributed by atoms with Crippen LogP contribution in [0.2, 0.25) is 0 Å². The summed E-state index contributed by atoms with van der Waals surface area (Å²) in [5.74, 6) is -0.154. The molecule has 0 spiro atoms. The average molecular weight is 446 g/mol. The summed E-state index contributed by atoms with van der Waals surface area (Å²) in [6.45, 7) is -0.889. The van der Waals surface area contributed by atoms with Gasteiger partial charge in [0.05, 0.1) is 11.8 Å². The van der Waals surface area contributed by atoms with Crippen molar-refractivity contribution < 1.29 is 22.7 Å². The van der Waals surface area contributed by atoms with Crippen molar-refractivity contribution in [2.75, 3.05) is 30.8 Å². The number of fused-ring (bicyclic) bond motifs is 1. The Labute approximate surface area is 181 Å². The van der Waals surface area contributed by atoms with E-state index in [1.807, 2.05) is 6.07 Å². The molecule has 3 heterocycles. The highest BCUT2D eigenvalue weighted by Gasteiger charge is 2.29. The number of anilines is 2. The summed E-state index contributed by atoms with van der Waals surface area (Å²) in [5.41, 5.74) is 2.53. The van der Waals surface area contributed by atoms with Crippen molar-refractivity contribution in [3.8, 4) is 11.1 Å². The molecule has 0 aliphatic carbocycles. The minimum Gasteiger partial charge on any atom is -0.357 e. The topological polar surface area (TPSA) is 92.3 Å². The molecular weight excluding hydrogens is 425 g/mol. The summed E-state index contributed by atoms with van der Waals surface area (Å²) in [4.78, 5) is 26.7. The Morgan fingerprint density at radius 2 is 2.06 bits per heavy atom. The monoisotopic (exact) mass is 446 g/mol. The third-order valence-electron chi connectivity index (χ3n) is 5.25. The van der Waals surface area contributed by atoms with Gasteiger partial charge >= 0.3 is 12.6 Å². The fraction of sp³-hybridized carbons (Fsp3) is 0.333. The largest absolute Gasteiger partial charge is 0.357 e. The van der Waals surface area contributed by atoms with Crippen LogP contribution in [-0.2, 0) is 4.74 Å². The molecule has 4 rings (SSSR count). The summed E-state index contributed by atoms with van der Waals surface area (Å²) in [5, 5.41) is 6.09. The Hall–Kier alpha value is -3.47. The van der Waals surface area contributed by atoms with Gasteiger partial charge in [-0.3, -0.25) is 0 Å². The van der Waals surface area contributed by atoms with Crippen molar-refractivity contribution in [1.29, 1.82) is 0 Å². The zero-order valence-corrected chi connectivity index (χ0v) is 17.4. The number of nitrogens with one attached hydrogen (secondary N) is 2. The van der Waals surface area contributed by atoms with E-state index < -0.39 is 24.6 Å². The molecule has 168 valence electrons. The van der Waals surface area contributed by atoms with Crippen LogP contribution in [0.1, 0.15) is 12.0 Å². The molecule has 1 aliphatic heterocycles. The molecule has 8 nitrogen and oxygen atoms in total. The first-order valence-electron chi connectivity index (χ1n) is 9.94. The highest BCUT2D eigenvalue weighted by atomic mass is 19.3. The van der Waals surface area contributed by atoms with Gasteiger partial charge in [-0.25, -0.2) is 19.2 Å². The van der Waals surface area contributed by atoms with Crippen LogP contribution in [0.4, 0.5) is 29.6 Å². The molecule has 1 aliphatic rings. The van der Waals surface area contributed by atoms with Gasteiger partial charge in [-0.2, -0.15) is 13.8 Å². The number of carbonyl (C=O) groups is 1. The molecule has 1 aromatic carbocycles. The summed E-state index contributed by atoms with van der Waals surface area (Å²) in [6.07, 6.45) is 2.80. The van der Waals surface area contributed by atoms with Gasteiger partial charge in [0.25, 0.3) is 0 Å². The van der Waals surface area contributed by atoms with Gasteiger partial charge in [-0.05, 0) is 42.7 Å². The van der Waals surface area contributed by atoms with Gasteiger partial charge in [0.15, 0.2) is 5.65 Å². The van der Waals surface area contributed by atoms with Crippen LogP contribution >= 0.6 is 0 Å². The molecule has 2 N–H and O–H groups in total. The number of aryl methyl sites for hydroxylation is 1. The van der Waals surface area contributed by atoms with Crippen molar-refractivity contribution in [2.45, 2.75) is 26.1 Å². The number of nitrogens with zero attached hydrogens (tertiary/aromatic N) is 4. The number of benzene rings is 1. The van der Waals surface area contributed by atoms with E-state index in [0.29, 0.717) is 40.1 Å². The molecule has 32 heavy (non-hydrogen) atoms. The van der Waals surface area contributed by atoms with Gasteiger partial charge in [-0.1, -0.05) is 0 Å². The van der Waals surface area contributed by atoms with E-state index >= 15 is 0 Å². The molecule has 1 saturated heterocycles. The highest BCUT2D eigenvalue weighted by molar-refractivity contribution is 5.91. The normalized spacial score (nSPS) is 16.1. The van der Waals surface area contributed by atoms with Crippen molar-refractivity contribution in [2.24, 2.45) is 0 Å². The number of pyridine rings is 1. The second-order valence-electron chi connectivity index (χ2n) is 7.41. The van der Waals surface area contributed by atoms with Crippen molar-refractivity contribution in [3.63, 3.8) is 0 Å². The van der Waals surface area contributed by atoms with E-state index in [0.717, 1.165) is 0 Å². The van der Waals surface area contributed by atoms with Gasteiger partial charge in [0.1, 0.15) is 5.82 Å². The number of rotatable bonds is 5. The number of halogens is 3. The van der Waals surface area contributed by atoms with Crippen LogP contribution in [0, 0.1) is 12.7 Å². The van der Waals surface area contributed by atoms with Crippen LogP contribution < -0.4 is 10.6 Å². The second kappa shape index (κ2) is 8.95. The number of hydrogen-bond acceptors (Lipinski definition) is 6. The predicted octanol–water partition coefficient (Wildman–Crippen LogP) is 4.03. The van der Waals surface area contributed by atoms with Crippen LogP contribution in [-0.4, -0.2) is 58.7 Å². The lowest BCUT2D eigenvalue weighted by Crippen LogP contribution is -2.34. The van der Waals surface area contributed by atoms with Crippen LogP contribution in [0.5, 0.6) is 0 Å². The minimum absolute atomic E-state index is 0.0136. The molecule has 1 unspecified atom stereocenters. The SMILES string of the molecule is CNc1ncc2cc(-c3cc(NC(=O)N4CCC(OC(F)F)C4)c(F)cc3C)cnc2n1. The van der Waals surface area contributed by atoms with E-state index in [9.17, 15) is 18.0 Å². The van der Waals surface area contributed by atoms with Gasteiger partial charge < -0.3 is 20.3 Å². The van der Waals surface area contributed by atoms with Crippen LogP contribution in [0.25, 0.3) is 22.2 Å². The Balaban J connectivity index is 1.57. The number of aromatic nitrogens is 3. The number of ether oxygens (including phenoxy) is 1. The Bertz CT molecular complexity index is 1160. The second-order valence-corrected chi connectivity index (χ2v) is 7.41. The summed E-state index contributed by atoms with van der Waals surface area (Å²) in [7, 11) is 1.71. The predicted molar refractivity (Wildman–Crippen MR) is 113 cm³/mol. The lowest BCUT2D eigenvalue weighted by atomic mass is 10.0. The summed E-state index contributed by atoms with van der Waals surface area (Å²) in [6, 6.07) is 4.10. The first kappa shape index (κ1) is 21.8. The number of likely N-dealkylation sites (tertiary alicyclic amines) is 1. The first-order chi connectivity index (χ1) is 15.3. The third kappa shape index (κ3) is 4.57. The maximum atomic E-state index is 14.6.